The van der Waals surface area contributed by atoms with E-state index in [4.69, 9.17) is 11.6 Å². The number of carbonyl (C=O) groups excluding carboxylic acids is 1. The van der Waals surface area contributed by atoms with Crippen molar-refractivity contribution in [2.75, 3.05) is 35.2 Å². The highest BCUT2D eigenvalue weighted by atomic mass is 35.5. The van der Waals surface area contributed by atoms with E-state index >= 15 is 0 Å². The van der Waals surface area contributed by atoms with Crippen LogP contribution >= 0.6 is 11.6 Å². The van der Waals surface area contributed by atoms with Gasteiger partial charge in [0.25, 0.3) is 5.91 Å². The van der Waals surface area contributed by atoms with Crippen LogP contribution in [0, 0.1) is 17.2 Å². The van der Waals surface area contributed by atoms with Crippen LogP contribution in [0.5, 0.6) is 0 Å². The van der Waals surface area contributed by atoms with Crippen LogP contribution < -0.4 is 15.5 Å². The number of piperidine rings is 1. The topological polar surface area (TPSA) is 81.1 Å². The molecule has 166 valence electrons. The van der Waals surface area contributed by atoms with Crippen LogP contribution in [0.3, 0.4) is 0 Å². The molecule has 2 heterocycles. The molecule has 0 aliphatic carbocycles. The van der Waals surface area contributed by atoms with Gasteiger partial charge in [-0.3, -0.25) is 4.79 Å². The lowest BCUT2D eigenvalue weighted by molar-refractivity contribution is 0.102. The van der Waals surface area contributed by atoms with Crippen LogP contribution in [0.2, 0.25) is 5.02 Å². The minimum Gasteiger partial charge on any atom is -0.371 e. The summed E-state index contributed by atoms with van der Waals surface area (Å²) in [7, 11) is 0. The van der Waals surface area contributed by atoms with Crippen LogP contribution in [0.1, 0.15) is 41.6 Å². The molecule has 1 saturated heterocycles. The monoisotopic (exact) mass is 449 g/mol. The highest BCUT2D eigenvalue weighted by Crippen LogP contribution is 2.31. The molecule has 3 rings (SSSR count). The Kier molecular flexibility index (Phi) is 8.29. The number of nitriles is 1. The Balaban J connectivity index is 1.78. The molecular formula is C25H28ClN5O. The summed E-state index contributed by atoms with van der Waals surface area (Å²) in [4.78, 5) is 19.8. The Labute approximate surface area is 194 Å². The maximum absolute atomic E-state index is 13.1. The third-order valence-corrected chi connectivity index (χ3v) is 5.79. The Morgan fingerprint density at radius 1 is 1.25 bits per heavy atom. The van der Waals surface area contributed by atoms with Gasteiger partial charge in [-0.2, -0.15) is 5.26 Å². The summed E-state index contributed by atoms with van der Waals surface area (Å²) >= 11 is 6.26. The van der Waals surface area contributed by atoms with Crippen molar-refractivity contribution in [3.05, 3.63) is 71.8 Å². The van der Waals surface area contributed by atoms with Gasteiger partial charge in [-0.25, -0.2) is 4.98 Å². The van der Waals surface area contributed by atoms with Gasteiger partial charge in [0, 0.05) is 24.7 Å². The molecule has 1 fully saturated rings. The molecule has 0 atom stereocenters. The van der Waals surface area contributed by atoms with Crippen molar-refractivity contribution < 1.29 is 4.79 Å². The normalized spacial score (nSPS) is 13.8. The van der Waals surface area contributed by atoms with Gasteiger partial charge in [0.2, 0.25) is 0 Å². The van der Waals surface area contributed by atoms with Gasteiger partial charge in [0.1, 0.15) is 17.7 Å². The van der Waals surface area contributed by atoms with E-state index in [0.717, 1.165) is 44.5 Å². The first-order chi connectivity index (χ1) is 15.5. The molecule has 2 aromatic rings. The van der Waals surface area contributed by atoms with Gasteiger partial charge in [0.05, 0.1) is 16.8 Å². The molecule has 1 amide bonds. The number of nitrogens with zero attached hydrogens (tertiary/aromatic N) is 3. The number of anilines is 3. The maximum Gasteiger partial charge on any atom is 0.258 e. The number of hydrogen-bond donors (Lipinski definition) is 2. The number of pyridine rings is 1. The number of rotatable bonds is 9. The standard InChI is InChI=1S/C25H28ClN5O/c1-3-5-13-28-24-19(17-27)7-10-23(29-24)30-25(32)21-9-8-20(26)16-22(21)31-14-11-18(6-4-2)12-15-31/h3-4,7-10,16,18H,1-2,5-6,11-15H2,(H2,28,29,30,32). The van der Waals surface area contributed by atoms with Crippen molar-refractivity contribution in [2.24, 2.45) is 5.92 Å². The molecule has 1 aromatic heterocycles. The highest BCUT2D eigenvalue weighted by Gasteiger charge is 2.23. The Morgan fingerprint density at radius 2 is 2.03 bits per heavy atom. The molecule has 32 heavy (non-hydrogen) atoms. The summed E-state index contributed by atoms with van der Waals surface area (Å²) in [5.41, 5.74) is 1.79. The van der Waals surface area contributed by atoms with Gasteiger partial charge in [-0.15, -0.1) is 13.2 Å². The second-order valence-corrected chi connectivity index (χ2v) is 8.22. The predicted octanol–water partition coefficient (Wildman–Crippen LogP) is 5.64. The van der Waals surface area contributed by atoms with Crippen molar-refractivity contribution in [2.45, 2.75) is 25.7 Å². The molecule has 7 heteroatoms. The third kappa shape index (κ3) is 5.89. The summed E-state index contributed by atoms with van der Waals surface area (Å²) in [6, 6.07) is 10.7. The predicted molar refractivity (Wildman–Crippen MR) is 131 cm³/mol. The smallest absolute Gasteiger partial charge is 0.258 e. The fourth-order valence-corrected chi connectivity index (χ4v) is 4.00. The van der Waals surface area contributed by atoms with E-state index in [1.54, 1.807) is 30.3 Å². The van der Waals surface area contributed by atoms with Crippen molar-refractivity contribution in [1.82, 2.24) is 4.98 Å². The fraction of sp³-hybridized carbons (Fsp3) is 0.320. The molecule has 0 spiro atoms. The maximum atomic E-state index is 13.1. The number of hydrogen-bond acceptors (Lipinski definition) is 5. The largest absolute Gasteiger partial charge is 0.371 e. The minimum absolute atomic E-state index is 0.265. The minimum atomic E-state index is -0.265. The van der Waals surface area contributed by atoms with E-state index in [9.17, 15) is 10.1 Å². The summed E-state index contributed by atoms with van der Waals surface area (Å²) in [6.45, 7) is 9.87. The SMILES string of the molecule is C=CCCNc1nc(NC(=O)c2ccc(Cl)cc2N2CCC(CC=C)CC2)ccc1C#N. The number of allylic oxidation sites excluding steroid dienone is 1. The Hall–Kier alpha value is -3.30. The van der Waals surface area contributed by atoms with Gasteiger partial charge < -0.3 is 15.5 Å². The number of aromatic nitrogens is 1. The summed E-state index contributed by atoms with van der Waals surface area (Å²) < 4.78 is 0. The molecule has 6 nitrogen and oxygen atoms in total. The van der Waals surface area contributed by atoms with Crippen molar-refractivity contribution in [3.63, 3.8) is 0 Å². The molecule has 0 bridgehead atoms. The lowest BCUT2D eigenvalue weighted by Crippen LogP contribution is -2.35. The van der Waals surface area contributed by atoms with E-state index in [-0.39, 0.29) is 5.91 Å². The zero-order chi connectivity index (χ0) is 22.9. The quantitative estimate of drug-likeness (QED) is 0.382. The zero-order valence-electron chi connectivity index (χ0n) is 18.1. The Morgan fingerprint density at radius 3 is 2.72 bits per heavy atom. The summed E-state index contributed by atoms with van der Waals surface area (Å²) in [6.07, 6.45) is 7.62. The van der Waals surface area contributed by atoms with E-state index in [1.165, 1.54) is 0 Å². The van der Waals surface area contributed by atoms with E-state index in [0.29, 0.717) is 40.2 Å². The molecule has 2 N–H and O–H groups in total. The van der Waals surface area contributed by atoms with Gasteiger partial charge >= 0.3 is 0 Å². The van der Waals surface area contributed by atoms with Gasteiger partial charge in [0.15, 0.2) is 0 Å². The first-order valence-electron chi connectivity index (χ1n) is 10.8. The van der Waals surface area contributed by atoms with Crippen LogP contribution in [0.15, 0.2) is 55.6 Å². The first kappa shape index (κ1) is 23.4. The average molecular weight is 450 g/mol. The lowest BCUT2D eigenvalue weighted by atomic mass is 9.93. The zero-order valence-corrected chi connectivity index (χ0v) is 18.9. The number of nitrogens with one attached hydrogen (secondary N) is 2. The molecule has 1 aromatic carbocycles. The van der Waals surface area contributed by atoms with Gasteiger partial charge in [-0.1, -0.05) is 23.8 Å². The molecular weight excluding hydrogens is 422 g/mol. The fourth-order valence-electron chi connectivity index (χ4n) is 3.83. The number of amides is 1. The molecule has 0 radical (unpaired) electrons. The third-order valence-electron chi connectivity index (χ3n) is 5.56. The van der Waals surface area contributed by atoms with Crippen LogP contribution in [0.4, 0.5) is 17.3 Å². The average Bonchev–Trinajstić information content (AvgIpc) is 2.80. The van der Waals surface area contributed by atoms with Gasteiger partial charge in [-0.05, 0) is 61.9 Å². The first-order valence-corrected chi connectivity index (χ1v) is 11.2. The number of halogens is 1. The van der Waals surface area contributed by atoms with Crippen molar-refractivity contribution >= 4 is 34.8 Å². The second-order valence-electron chi connectivity index (χ2n) is 7.78. The second kappa shape index (κ2) is 11.4. The molecule has 1 aliphatic heterocycles. The van der Waals surface area contributed by atoms with Crippen molar-refractivity contribution in [3.8, 4) is 6.07 Å². The molecule has 0 saturated carbocycles. The van der Waals surface area contributed by atoms with Crippen LogP contribution in [0.25, 0.3) is 0 Å². The lowest BCUT2D eigenvalue weighted by Gasteiger charge is -2.34. The number of benzene rings is 1. The van der Waals surface area contributed by atoms with Crippen LogP contribution in [-0.4, -0.2) is 30.5 Å². The van der Waals surface area contributed by atoms with E-state index in [2.05, 4.69) is 39.7 Å². The van der Waals surface area contributed by atoms with E-state index < -0.39 is 0 Å². The summed E-state index contributed by atoms with van der Waals surface area (Å²) in [5.74, 6) is 1.18. The Bertz CT molecular complexity index is 1020. The summed E-state index contributed by atoms with van der Waals surface area (Å²) in [5, 5.41) is 15.9. The molecule has 0 unspecified atom stereocenters. The van der Waals surface area contributed by atoms with Crippen LogP contribution in [-0.2, 0) is 0 Å². The van der Waals surface area contributed by atoms with Crippen molar-refractivity contribution in [1.29, 1.82) is 5.26 Å². The highest BCUT2D eigenvalue weighted by molar-refractivity contribution is 6.31. The molecule has 1 aliphatic rings. The number of carbonyl (C=O) groups is 1. The van der Waals surface area contributed by atoms with E-state index in [1.807, 2.05) is 12.1 Å².